The van der Waals surface area contributed by atoms with Crippen LogP contribution in [0.15, 0.2) is 49.1 Å². The van der Waals surface area contributed by atoms with Crippen LogP contribution in [0.1, 0.15) is 16.1 Å². The third-order valence-corrected chi connectivity index (χ3v) is 3.37. The number of carbonyl (C=O) groups is 1. The third kappa shape index (κ3) is 3.94. The van der Waals surface area contributed by atoms with Crippen molar-refractivity contribution in [3.63, 3.8) is 0 Å². The van der Waals surface area contributed by atoms with E-state index < -0.39 is 23.4 Å². The highest BCUT2D eigenvalue weighted by Gasteiger charge is 2.15. The second-order valence-corrected chi connectivity index (χ2v) is 5.18. The van der Waals surface area contributed by atoms with E-state index in [9.17, 15) is 18.0 Å². The zero-order valence-corrected chi connectivity index (χ0v) is 13.2. The summed E-state index contributed by atoms with van der Waals surface area (Å²) in [5.74, 6) is -4.71. The first-order chi connectivity index (χ1) is 12.5. The van der Waals surface area contributed by atoms with E-state index in [4.69, 9.17) is 0 Å². The van der Waals surface area contributed by atoms with E-state index in [1.54, 1.807) is 24.5 Å². The molecule has 0 saturated heterocycles. The number of anilines is 2. The molecule has 0 atom stereocenters. The highest BCUT2D eigenvalue weighted by atomic mass is 19.2. The molecule has 0 radical (unpaired) electrons. The van der Waals surface area contributed by atoms with Gasteiger partial charge in [-0.15, -0.1) is 0 Å². The number of aromatic nitrogens is 3. The first kappa shape index (κ1) is 17.3. The normalized spacial score (nSPS) is 10.4. The first-order valence-corrected chi connectivity index (χ1v) is 7.44. The van der Waals surface area contributed by atoms with Gasteiger partial charge in [-0.2, -0.15) is 0 Å². The lowest BCUT2D eigenvalue weighted by atomic mass is 10.2. The lowest BCUT2D eigenvalue weighted by Gasteiger charge is -2.09. The molecule has 2 heterocycles. The Labute approximate surface area is 146 Å². The number of benzene rings is 1. The number of amides is 1. The summed E-state index contributed by atoms with van der Waals surface area (Å²) in [7, 11) is 0. The molecule has 1 aromatic carbocycles. The van der Waals surface area contributed by atoms with Gasteiger partial charge in [-0.1, -0.05) is 6.07 Å². The van der Waals surface area contributed by atoms with Gasteiger partial charge in [0.05, 0.1) is 5.69 Å². The number of hydrogen-bond acceptors (Lipinski definition) is 5. The topological polar surface area (TPSA) is 79.8 Å². The van der Waals surface area contributed by atoms with Crippen molar-refractivity contribution >= 4 is 17.4 Å². The van der Waals surface area contributed by atoms with Crippen molar-refractivity contribution in [3.05, 3.63) is 77.8 Å². The van der Waals surface area contributed by atoms with Crippen molar-refractivity contribution in [2.75, 3.05) is 5.32 Å². The molecule has 3 rings (SSSR count). The van der Waals surface area contributed by atoms with Gasteiger partial charge in [-0.25, -0.2) is 23.1 Å². The predicted octanol–water partition coefficient (Wildman–Crippen LogP) is 2.96. The highest BCUT2D eigenvalue weighted by Crippen LogP contribution is 2.22. The zero-order valence-electron chi connectivity index (χ0n) is 13.2. The highest BCUT2D eigenvalue weighted by molar-refractivity contribution is 5.92. The fourth-order valence-electron chi connectivity index (χ4n) is 2.09. The molecule has 0 saturated carbocycles. The van der Waals surface area contributed by atoms with Crippen molar-refractivity contribution in [2.24, 2.45) is 0 Å². The zero-order chi connectivity index (χ0) is 18.5. The molecule has 3 aromatic rings. The maximum atomic E-state index is 13.7. The smallest absolute Gasteiger partial charge is 0.270 e. The van der Waals surface area contributed by atoms with Crippen LogP contribution in [0.5, 0.6) is 0 Å². The van der Waals surface area contributed by atoms with Gasteiger partial charge >= 0.3 is 0 Å². The van der Waals surface area contributed by atoms with Crippen molar-refractivity contribution in [1.29, 1.82) is 0 Å². The summed E-state index contributed by atoms with van der Waals surface area (Å²) in [6.45, 7) is 0.247. The van der Waals surface area contributed by atoms with Gasteiger partial charge in [0.1, 0.15) is 17.8 Å². The van der Waals surface area contributed by atoms with Crippen molar-refractivity contribution in [2.45, 2.75) is 6.54 Å². The Kier molecular flexibility index (Phi) is 5.07. The fraction of sp³-hybridized carbons (Fsp3) is 0.0588. The van der Waals surface area contributed by atoms with Crippen molar-refractivity contribution in [3.8, 4) is 0 Å². The fourth-order valence-corrected chi connectivity index (χ4v) is 2.09. The van der Waals surface area contributed by atoms with Crippen LogP contribution >= 0.6 is 0 Å². The van der Waals surface area contributed by atoms with Crippen LogP contribution in [0.2, 0.25) is 0 Å². The molecular formula is C17H12F3N5O. The van der Waals surface area contributed by atoms with E-state index in [2.05, 4.69) is 25.6 Å². The minimum Gasteiger partial charge on any atom is -0.347 e. The van der Waals surface area contributed by atoms with Crippen LogP contribution in [0.3, 0.4) is 0 Å². The van der Waals surface area contributed by atoms with E-state index in [0.29, 0.717) is 0 Å². The predicted molar refractivity (Wildman–Crippen MR) is 87.0 cm³/mol. The number of nitrogens with zero attached hydrogens (tertiary/aromatic N) is 3. The summed E-state index contributed by atoms with van der Waals surface area (Å²) in [4.78, 5) is 23.8. The molecule has 2 N–H and O–H groups in total. The Bertz CT molecular complexity index is 937. The molecule has 6 nitrogen and oxygen atoms in total. The average Bonchev–Trinajstić information content (AvgIpc) is 2.67. The Hall–Kier alpha value is -3.49. The van der Waals surface area contributed by atoms with Crippen LogP contribution in [-0.4, -0.2) is 20.9 Å². The molecule has 0 bridgehead atoms. The van der Waals surface area contributed by atoms with Crippen molar-refractivity contribution in [1.82, 2.24) is 20.3 Å². The number of halogens is 3. The number of nitrogens with one attached hydrogen (secondary N) is 2. The lowest BCUT2D eigenvalue weighted by Crippen LogP contribution is -2.24. The molecule has 0 spiro atoms. The van der Waals surface area contributed by atoms with E-state index in [1.807, 2.05) is 0 Å². The molecule has 0 aliphatic rings. The molecule has 26 heavy (non-hydrogen) atoms. The Morgan fingerprint density at radius 2 is 1.92 bits per heavy atom. The molecule has 0 fully saturated rings. The van der Waals surface area contributed by atoms with Gasteiger partial charge in [0.2, 0.25) is 0 Å². The third-order valence-electron chi connectivity index (χ3n) is 3.37. The summed E-state index contributed by atoms with van der Waals surface area (Å²) in [6, 6.07) is 6.61. The summed E-state index contributed by atoms with van der Waals surface area (Å²) in [6.07, 6.45) is 4.32. The Morgan fingerprint density at radius 3 is 2.69 bits per heavy atom. The van der Waals surface area contributed by atoms with Gasteiger partial charge in [-0.05, 0) is 23.8 Å². The van der Waals surface area contributed by atoms with Crippen molar-refractivity contribution < 1.29 is 18.0 Å². The van der Waals surface area contributed by atoms with Crippen LogP contribution < -0.4 is 10.6 Å². The molecule has 0 aliphatic heterocycles. The number of rotatable bonds is 5. The standard InChI is InChI=1S/C17H12F3N5O/c18-11-3-4-12(16(20)15(11)19)25-14-6-13(23-9-24-14)17(26)22-8-10-2-1-5-21-7-10/h1-7,9H,8H2,(H,22,26)(H,23,24,25). The maximum Gasteiger partial charge on any atom is 0.270 e. The second kappa shape index (κ2) is 7.60. The van der Waals surface area contributed by atoms with E-state index in [-0.39, 0.29) is 23.7 Å². The van der Waals surface area contributed by atoms with Crippen LogP contribution in [0.25, 0.3) is 0 Å². The molecule has 0 unspecified atom stereocenters. The lowest BCUT2D eigenvalue weighted by molar-refractivity contribution is 0.0945. The van der Waals surface area contributed by atoms with Gasteiger partial charge < -0.3 is 10.6 Å². The molecule has 0 aliphatic carbocycles. The van der Waals surface area contributed by atoms with E-state index in [0.717, 1.165) is 24.0 Å². The summed E-state index contributed by atoms with van der Waals surface area (Å²) < 4.78 is 39.9. The van der Waals surface area contributed by atoms with E-state index >= 15 is 0 Å². The molecular weight excluding hydrogens is 347 g/mol. The average molecular weight is 359 g/mol. The first-order valence-electron chi connectivity index (χ1n) is 7.44. The maximum absolute atomic E-state index is 13.7. The van der Waals surface area contributed by atoms with E-state index in [1.165, 1.54) is 6.07 Å². The van der Waals surface area contributed by atoms with Crippen LogP contribution in [0.4, 0.5) is 24.7 Å². The summed E-state index contributed by atoms with van der Waals surface area (Å²) in [5.41, 5.74) is 0.510. The van der Waals surface area contributed by atoms with Gasteiger partial charge in [0, 0.05) is 25.0 Å². The second-order valence-electron chi connectivity index (χ2n) is 5.18. The Balaban J connectivity index is 1.72. The quantitative estimate of drug-likeness (QED) is 0.685. The summed E-state index contributed by atoms with van der Waals surface area (Å²) in [5, 5.41) is 5.14. The largest absolute Gasteiger partial charge is 0.347 e. The number of carbonyl (C=O) groups excluding carboxylic acids is 1. The number of pyridine rings is 1. The Morgan fingerprint density at radius 1 is 1.08 bits per heavy atom. The van der Waals surface area contributed by atoms with Gasteiger partial charge in [-0.3, -0.25) is 9.78 Å². The van der Waals surface area contributed by atoms with Crippen LogP contribution in [0, 0.1) is 17.5 Å². The molecule has 2 aromatic heterocycles. The molecule has 1 amide bonds. The van der Waals surface area contributed by atoms with Crippen LogP contribution in [-0.2, 0) is 6.54 Å². The molecule has 9 heteroatoms. The minimum absolute atomic E-state index is 0.0226. The summed E-state index contributed by atoms with van der Waals surface area (Å²) >= 11 is 0. The monoisotopic (exact) mass is 359 g/mol. The number of hydrogen-bond donors (Lipinski definition) is 2. The van der Waals surface area contributed by atoms with Gasteiger partial charge in [0.15, 0.2) is 17.5 Å². The SMILES string of the molecule is O=C(NCc1cccnc1)c1cc(Nc2ccc(F)c(F)c2F)ncn1. The molecule has 132 valence electrons. The minimum atomic E-state index is -1.60. The van der Waals surface area contributed by atoms with Gasteiger partial charge in [0.25, 0.3) is 5.91 Å².